The van der Waals surface area contributed by atoms with Gasteiger partial charge in [-0.15, -0.1) is 20.4 Å². The highest BCUT2D eigenvalue weighted by molar-refractivity contribution is 7.14. The number of fused-ring (bicyclic) bond motifs is 2. The highest BCUT2D eigenvalue weighted by atomic mass is 32.1. The predicted octanol–water partition coefficient (Wildman–Crippen LogP) is 8.39. The van der Waals surface area contributed by atoms with Crippen LogP contribution in [0.4, 0.5) is 27.9 Å². The second kappa shape index (κ2) is 9.75. The number of benzene rings is 4. The standard InChI is InChI=1S/C28H23N7S/c1-19-29-33-28(36-19)34-31-25-10-8-24(9-11-25)30-32-26-12-13-27-23(17-26)14-15-35(27)18-20-6-7-21-4-2-3-5-22(21)16-20/h2-13,16-17H,14-15,18H2,1H3. The third kappa shape index (κ3) is 4.89. The molecule has 8 heteroatoms. The Hall–Kier alpha value is -4.30. The van der Waals surface area contributed by atoms with Gasteiger partial charge >= 0.3 is 0 Å². The van der Waals surface area contributed by atoms with Crippen molar-refractivity contribution in [3.63, 3.8) is 0 Å². The quantitative estimate of drug-likeness (QED) is 0.225. The van der Waals surface area contributed by atoms with Gasteiger partial charge in [-0.3, -0.25) is 0 Å². The molecule has 0 radical (unpaired) electrons. The first-order valence-corrected chi connectivity index (χ1v) is 12.6. The SMILES string of the molecule is Cc1nnc(N=Nc2ccc(N=Nc3ccc4c(c3)CCN4Cc3ccc4ccccc4c3)cc2)s1. The Bertz CT molecular complexity index is 1590. The van der Waals surface area contributed by atoms with Gasteiger partial charge in [0, 0.05) is 18.8 Å². The molecule has 36 heavy (non-hydrogen) atoms. The monoisotopic (exact) mass is 489 g/mol. The fraction of sp³-hybridized carbons (Fsp3) is 0.143. The van der Waals surface area contributed by atoms with Gasteiger partial charge in [0.2, 0.25) is 0 Å². The Kier molecular flexibility index (Phi) is 6.01. The van der Waals surface area contributed by atoms with E-state index in [0.29, 0.717) is 5.13 Å². The number of anilines is 1. The van der Waals surface area contributed by atoms with Crippen molar-refractivity contribution in [2.24, 2.45) is 20.5 Å². The summed E-state index contributed by atoms with van der Waals surface area (Å²) in [5, 5.41) is 29.0. The van der Waals surface area contributed by atoms with Gasteiger partial charge in [0.25, 0.3) is 5.13 Å². The third-order valence-corrected chi connectivity index (χ3v) is 6.86. The molecule has 0 bridgehead atoms. The van der Waals surface area contributed by atoms with E-state index in [-0.39, 0.29) is 0 Å². The van der Waals surface area contributed by atoms with Crippen molar-refractivity contribution in [2.45, 2.75) is 19.9 Å². The van der Waals surface area contributed by atoms with Crippen LogP contribution in [0.3, 0.4) is 0 Å². The number of nitrogens with zero attached hydrogens (tertiary/aromatic N) is 7. The molecule has 1 aromatic heterocycles. The van der Waals surface area contributed by atoms with Gasteiger partial charge in [0.1, 0.15) is 5.01 Å². The number of hydrogen-bond donors (Lipinski definition) is 0. The summed E-state index contributed by atoms with van der Waals surface area (Å²) in [5.74, 6) is 0. The van der Waals surface area contributed by atoms with Crippen LogP contribution in [0.25, 0.3) is 10.8 Å². The van der Waals surface area contributed by atoms with E-state index >= 15 is 0 Å². The van der Waals surface area contributed by atoms with E-state index in [9.17, 15) is 0 Å². The van der Waals surface area contributed by atoms with Crippen molar-refractivity contribution < 1.29 is 0 Å². The van der Waals surface area contributed by atoms with Gasteiger partial charge in [0.15, 0.2) is 0 Å². The molecule has 0 unspecified atom stereocenters. The molecule has 7 nitrogen and oxygen atoms in total. The molecular weight excluding hydrogens is 466 g/mol. The normalized spacial score (nSPS) is 13.3. The van der Waals surface area contributed by atoms with Crippen LogP contribution in [0.5, 0.6) is 0 Å². The first-order chi connectivity index (χ1) is 17.7. The average molecular weight is 490 g/mol. The second-order valence-corrected chi connectivity index (χ2v) is 9.85. The lowest BCUT2D eigenvalue weighted by atomic mass is 10.1. The molecule has 1 aliphatic heterocycles. The zero-order chi connectivity index (χ0) is 24.3. The van der Waals surface area contributed by atoms with Crippen molar-refractivity contribution >= 4 is 50.0 Å². The van der Waals surface area contributed by atoms with Crippen LogP contribution in [0.1, 0.15) is 16.1 Å². The van der Waals surface area contributed by atoms with Crippen LogP contribution in [0, 0.1) is 6.92 Å². The first-order valence-electron chi connectivity index (χ1n) is 11.8. The zero-order valence-electron chi connectivity index (χ0n) is 19.7. The molecule has 0 aliphatic carbocycles. The predicted molar refractivity (Wildman–Crippen MR) is 145 cm³/mol. The van der Waals surface area contributed by atoms with Crippen LogP contribution in [-0.4, -0.2) is 16.7 Å². The Morgan fingerprint density at radius 1 is 0.750 bits per heavy atom. The van der Waals surface area contributed by atoms with Crippen molar-refractivity contribution in [3.8, 4) is 0 Å². The lowest BCUT2D eigenvalue weighted by Crippen LogP contribution is -2.19. The van der Waals surface area contributed by atoms with E-state index < -0.39 is 0 Å². The molecule has 2 heterocycles. The summed E-state index contributed by atoms with van der Waals surface area (Å²) in [7, 11) is 0. The van der Waals surface area contributed by atoms with Gasteiger partial charge in [-0.25, -0.2) is 0 Å². The summed E-state index contributed by atoms with van der Waals surface area (Å²) in [5.41, 5.74) is 6.27. The number of aromatic nitrogens is 2. The highest BCUT2D eigenvalue weighted by Gasteiger charge is 2.19. The lowest BCUT2D eigenvalue weighted by Gasteiger charge is -2.20. The summed E-state index contributed by atoms with van der Waals surface area (Å²) < 4.78 is 0. The Labute approximate surface area is 212 Å². The van der Waals surface area contributed by atoms with E-state index in [2.05, 4.69) is 90.2 Å². The minimum atomic E-state index is 0.545. The van der Waals surface area contributed by atoms with E-state index in [1.165, 1.54) is 38.9 Å². The molecule has 0 saturated carbocycles. The van der Waals surface area contributed by atoms with Crippen LogP contribution < -0.4 is 4.90 Å². The minimum absolute atomic E-state index is 0.545. The summed E-state index contributed by atoms with van der Waals surface area (Å²) >= 11 is 1.41. The summed E-state index contributed by atoms with van der Waals surface area (Å²) in [6.07, 6.45) is 1.01. The molecule has 6 rings (SSSR count). The van der Waals surface area contributed by atoms with Crippen LogP contribution in [0.2, 0.25) is 0 Å². The fourth-order valence-corrected chi connectivity index (χ4v) is 4.88. The number of aryl methyl sites for hydroxylation is 1. The third-order valence-electron chi connectivity index (χ3n) is 6.14. The average Bonchev–Trinajstić information content (AvgIpc) is 3.52. The molecule has 4 aromatic carbocycles. The molecule has 0 saturated heterocycles. The first kappa shape index (κ1) is 22.2. The summed E-state index contributed by atoms with van der Waals surface area (Å²) in [6, 6.07) is 29.0. The Balaban J connectivity index is 1.12. The van der Waals surface area contributed by atoms with Gasteiger partial charge in [-0.1, -0.05) is 47.7 Å². The largest absolute Gasteiger partial charge is 0.367 e. The number of azo groups is 2. The molecule has 0 N–H and O–H groups in total. The van der Waals surface area contributed by atoms with Crippen LogP contribution in [0.15, 0.2) is 105 Å². The van der Waals surface area contributed by atoms with Gasteiger partial charge in [-0.2, -0.15) is 10.2 Å². The van der Waals surface area contributed by atoms with Crippen molar-refractivity contribution in [3.05, 3.63) is 101 Å². The maximum atomic E-state index is 4.46. The minimum Gasteiger partial charge on any atom is -0.367 e. The number of hydrogen-bond acceptors (Lipinski definition) is 8. The van der Waals surface area contributed by atoms with Crippen molar-refractivity contribution in [2.75, 3.05) is 11.4 Å². The van der Waals surface area contributed by atoms with E-state index in [4.69, 9.17) is 0 Å². The molecule has 5 aromatic rings. The molecule has 1 aliphatic rings. The van der Waals surface area contributed by atoms with Crippen molar-refractivity contribution in [1.29, 1.82) is 0 Å². The molecule has 0 fully saturated rings. The lowest BCUT2D eigenvalue weighted by molar-refractivity contribution is 0.837. The van der Waals surface area contributed by atoms with Gasteiger partial charge in [-0.05, 0) is 83.8 Å². The van der Waals surface area contributed by atoms with Gasteiger partial charge in [0.05, 0.1) is 17.1 Å². The Morgan fingerprint density at radius 2 is 1.47 bits per heavy atom. The fourth-order valence-electron chi connectivity index (χ4n) is 4.37. The molecule has 0 amide bonds. The van der Waals surface area contributed by atoms with Crippen LogP contribution >= 0.6 is 11.3 Å². The Morgan fingerprint density at radius 3 is 2.25 bits per heavy atom. The molecule has 0 spiro atoms. The molecule has 0 atom stereocenters. The summed E-state index contributed by atoms with van der Waals surface area (Å²) in [6.45, 7) is 3.80. The smallest absolute Gasteiger partial charge is 0.251 e. The van der Waals surface area contributed by atoms with E-state index in [0.717, 1.165) is 41.6 Å². The van der Waals surface area contributed by atoms with Crippen LogP contribution in [-0.2, 0) is 13.0 Å². The topological polar surface area (TPSA) is 78.5 Å². The molecule has 176 valence electrons. The maximum absolute atomic E-state index is 4.46. The maximum Gasteiger partial charge on any atom is 0.251 e. The van der Waals surface area contributed by atoms with E-state index in [1.54, 1.807) is 0 Å². The second-order valence-electron chi connectivity index (χ2n) is 8.69. The van der Waals surface area contributed by atoms with E-state index in [1.807, 2.05) is 37.3 Å². The van der Waals surface area contributed by atoms with Gasteiger partial charge < -0.3 is 4.90 Å². The number of rotatable bonds is 6. The molecular formula is C28H23N7S. The highest BCUT2D eigenvalue weighted by Crippen LogP contribution is 2.33. The van der Waals surface area contributed by atoms with Crippen molar-refractivity contribution in [1.82, 2.24) is 10.2 Å². The zero-order valence-corrected chi connectivity index (χ0v) is 20.6. The summed E-state index contributed by atoms with van der Waals surface area (Å²) in [4.78, 5) is 2.44.